The normalized spacial score (nSPS) is 12.4. The molecule has 0 radical (unpaired) electrons. The summed E-state index contributed by atoms with van der Waals surface area (Å²) in [4.78, 5) is 11.9. The molecule has 0 aromatic heterocycles. The van der Waals surface area contributed by atoms with Gasteiger partial charge in [-0.1, -0.05) is 44.2 Å². The average molecular weight is 295 g/mol. The van der Waals surface area contributed by atoms with Gasteiger partial charge in [-0.3, -0.25) is 4.79 Å². The van der Waals surface area contributed by atoms with Gasteiger partial charge in [0.1, 0.15) is 0 Å². The van der Waals surface area contributed by atoms with Gasteiger partial charge in [0.25, 0.3) is 0 Å². The molecule has 0 saturated heterocycles. The molecular formula is C16H25NO2S. The smallest absolute Gasteiger partial charge is 0.233 e. The maximum absolute atomic E-state index is 11.9. The lowest BCUT2D eigenvalue weighted by atomic mass is 10.1. The Morgan fingerprint density at radius 1 is 1.30 bits per heavy atom. The van der Waals surface area contributed by atoms with Crippen molar-refractivity contribution < 1.29 is 9.53 Å². The summed E-state index contributed by atoms with van der Waals surface area (Å²) in [7, 11) is 0. The minimum Gasteiger partial charge on any atom is -0.381 e. The molecular weight excluding hydrogens is 270 g/mol. The summed E-state index contributed by atoms with van der Waals surface area (Å²) < 4.78 is 5.46. The number of benzene rings is 1. The number of rotatable bonds is 9. The van der Waals surface area contributed by atoms with Crippen molar-refractivity contribution in [3.05, 3.63) is 35.9 Å². The molecule has 20 heavy (non-hydrogen) atoms. The number of hydrogen-bond acceptors (Lipinski definition) is 3. The maximum Gasteiger partial charge on any atom is 0.233 e. The molecule has 1 N–H and O–H groups in total. The Balaban J connectivity index is 2.13. The number of amides is 1. The molecule has 0 spiro atoms. The van der Waals surface area contributed by atoms with E-state index in [4.69, 9.17) is 4.74 Å². The Morgan fingerprint density at radius 3 is 2.65 bits per heavy atom. The Morgan fingerprint density at radius 2 is 2.00 bits per heavy atom. The molecule has 0 aliphatic heterocycles. The van der Waals surface area contributed by atoms with E-state index in [0.29, 0.717) is 25.5 Å². The molecule has 1 aromatic rings. The summed E-state index contributed by atoms with van der Waals surface area (Å²) in [6.07, 6.45) is 1.49. The molecule has 4 heteroatoms. The fraction of sp³-hybridized carbons (Fsp3) is 0.562. The van der Waals surface area contributed by atoms with Crippen molar-refractivity contribution in [2.24, 2.45) is 5.92 Å². The first-order chi connectivity index (χ1) is 9.59. The summed E-state index contributed by atoms with van der Waals surface area (Å²) in [6.45, 7) is 6.35. The molecule has 1 aromatic carbocycles. The second kappa shape index (κ2) is 9.83. The molecule has 0 heterocycles. The van der Waals surface area contributed by atoms with Gasteiger partial charge in [-0.15, -0.1) is 0 Å². The van der Waals surface area contributed by atoms with Crippen molar-refractivity contribution in [2.75, 3.05) is 19.8 Å². The van der Waals surface area contributed by atoms with E-state index < -0.39 is 0 Å². The summed E-state index contributed by atoms with van der Waals surface area (Å²) >= 11 is 4.36. The van der Waals surface area contributed by atoms with Gasteiger partial charge in [0, 0.05) is 19.8 Å². The zero-order valence-electron chi connectivity index (χ0n) is 12.3. The predicted octanol–water partition coefficient (Wildman–Crippen LogP) is 2.71. The molecule has 112 valence electrons. The molecule has 0 saturated carbocycles. The number of hydrogen-bond donors (Lipinski definition) is 2. The van der Waals surface area contributed by atoms with Crippen LogP contribution in [0.1, 0.15) is 25.8 Å². The Kier molecular flexibility index (Phi) is 8.38. The van der Waals surface area contributed by atoms with Gasteiger partial charge < -0.3 is 10.1 Å². The van der Waals surface area contributed by atoms with Crippen LogP contribution in [0.3, 0.4) is 0 Å². The standard InChI is InChI=1S/C16H25NO2S/c1-13(2)12-19-10-6-9-17-16(18)15(20)11-14-7-4-3-5-8-14/h3-5,7-8,13,15,20H,6,9-12H2,1-2H3,(H,17,18). The zero-order valence-corrected chi connectivity index (χ0v) is 13.2. The SMILES string of the molecule is CC(C)COCCCNC(=O)C(S)Cc1ccccc1. The molecule has 1 atom stereocenters. The first kappa shape index (κ1) is 17.1. The van der Waals surface area contributed by atoms with E-state index in [0.717, 1.165) is 18.6 Å². The number of ether oxygens (including phenoxy) is 1. The number of carbonyl (C=O) groups is 1. The highest BCUT2D eigenvalue weighted by Gasteiger charge is 2.13. The first-order valence-electron chi connectivity index (χ1n) is 7.17. The van der Waals surface area contributed by atoms with E-state index in [1.54, 1.807) is 0 Å². The van der Waals surface area contributed by atoms with Gasteiger partial charge in [-0.05, 0) is 24.3 Å². The number of carbonyl (C=O) groups excluding carboxylic acids is 1. The van der Waals surface area contributed by atoms with Gasteiger partial charge >= 0.3 is 0 Å². The maximum atomic E-state index is 11.9. The lowest BCUT2D eigenvalue weighted by Crippen LogP contribution is -2.33. The van der Waals surface area contributed by atoms with Gasteiger partial charge in [-0.2, -0.15) is 12.6 Å². The highest BCUT2D eigenvalue weighted by Crippen LogP contribution is 2.07. The molecule has 1 unspecified atom stereocenters. The van der Waals surface area contributed by atoms with Crippen molar-refractivity contribution in [2.45, 2.75) is 31.9 Å². The van der Waals surface area contributed by atoms with Crippen LogP contribution in [0.5, 0.6) is 0 Å². The van der Waals surface area contributed by atoms with E-state index in [2.05, 4.69) is 31.8 Å². The third-order valence-electron chi connectivity index (χ3n) is 2.79. The zero-order chi connectivity index (χ0) is 14.8. The summed E-state index contributed by atoms with van der Waals surface area (Å²) in [5.74, 6) is 0.540. The van der Waals surface area contributed by atoms with Gasteiger partial charge in [0.15, 0.2) is 0 Å². The minimum atomic E-state index is -0.297. The van der Waals surface area contributed by atoms with Gasteiger partial charge in [0.05, 0.1) is 5.25 Å². The fourth-order valence-corrected chi connectivity index (χ4v) is 2.05. The third kappa shape index (κ3) is 7.56. The van der Waals surface area contributed by atoms with Crippen molar-refractivity contribution in [1.82, 2.24) is 5.32 Å². The van der Waals surface area contributed by atoms with Crippen LogP contribution < -0.4 is 5.32 Å². The Bertz CT molecular complexity index is 381. The van der Waals surface area contributed by atoms with Crippen molar-refractivity contribution in [1.29, 1.82) is 0 Å². The summed E-state index contributed by atoms with van der Waals surface area (Å²) in [5.41, 5.74) is 1.13. The molecule has 0 aliphatic carbocycles. The largest absolute Gasteiger partial charge is 0.381 e. The molecule has 0 aliphatic rings. The lowest BCUT2D eigenvalue weighted by Gasteiger charge is -2.12. The van der Waals surface area contributed by atoms with E-state index in [-0.39, 0.29) is 11.2 Å². The topological polar surface area (TPSA) is 38.3 Å². The van der Waals surface area contributed by atoms with Gasteiger partial charge in [-0.25, -0.2) is 0 Å². The van der Waals surface area contributed by atoms with E-state index >= 15 is 0 Å². The van der Waals surface area contributed by atoms with Crippen LogP contribution in [-0.4, -0.2) is 30.9 Å². The van der Waals surface area contributed by atoms with Crippen LogP contribution in [0.4, 0.5) is 0 Å². The van der Waals surface area contributed by atoms with E-state index in [9.17, 15) is 4.79 Å². The molecule has 1 amide bonds. The highest BCUT2D eigenvalue weighted by atomic mass is 32.1. The van der Waals surface area contributed by atoms with Crippen LogP contribution >= 0.6 is 12.6 Å². The summed E-state index contributed by atoms with van der Waals surface area (Å²) in [6, 6.07) is 9.93. The highest BCUT2D eigenvalue weighted by molar-refractivity contribution is 7.81. The third-order valence-corrected chi connectivity index (χ3v) is 3.21. The monoisotopic (exact) mass is 295 g/mol. The van der Waals surface area contributed by atoms with Crippen molar-refractivity contribution in [3.8, 4) is 0 Å². The van der Waals surface area contributed by atoms with E-state index in [1.807, 2.05) is 30.3 Å². The Labute approximate surface area is 127 Å². The molecule has 0 fully saturated rings. The van der Waals surface area contributed by atoms with Crippen LogP contribution in [0.2, 0.25) is 0 Å². The minimum absolute atomic E-state index is 0.0129. The quantitative estimate of drug-likeness (QED) is 0.543. The fourth-order valence-electron chi connectivity index (χ4n) is 1.75. The average Bonchev–Trinajstić information content (AvgIpc) is 2.43. The van der Waals surface area contributed by atoms with Crippen LogP contribution in [-0.2, 0) is 16.0 Å². The number of nitrogens with one attached hydrogen (secondary N) is 1. The van der Waals surface area contributed by atoms with Crippen LogP contribution in [0, 0.1) is 5.92 Å². The molecule has 1 rings (SSSR count). The van der Waals surface area contributed by atoms with Gasteiger partial charge in [0.2, 0.25) is 5.91 Å². The number of thiol groups is 1. The van der Waals surface area contributed by atoms with Crippen LogP contribution in [0.15, 0.2) is 30.3 Å². The summed E-state index contributed by atoms with van der Waals surface area (Å²) in [5, 5.41) is 2.60. The second-order valence-corrected chi connectivity index (χ2v) is 5.94. The first-order valence-corrected chi connectivity index (χ1v) is 7.68. The van der Waals surface area contributed by atoms with Crippen molar-refractivity contribution in [3.63, 3.8) is 0 Å². The van der Waals surface area contributed by atoms with Crippen molar-refractivity contribution >= 4 is 18.5 Å². The predicted molar refractivity (Wildman–Crippen MR) is 86.2 cm³/mol. The Hall–Kier alpha value is -1.00. The van der Waals surface area contributed by atoms with Crippen LogP contribution in [0.25, 0.3) is 0 Å². The lowest BCUT2D eigenvalue weighted by molar-refractivity contribution is -0.120. The molecule has 3 nitrogen and oxygen atoms in total. The van der Waals surface area contributed by atoms with E-state index in [1.165, 1.54) is 0 Å². The molecule has 0 bridgehead atoms. The second-order valence-electron chi connectivity index (χ2n) is 5.32.